The van der Waals surface area contributed by atoms with Crippen LogP contribution in [0, 0.1) is 20.8 Å². The summed E-state index contributed by atoms with van der Waals surface area (Å²) in [5, 5.41) is 3.57. The van der Waals surface area contributed by atoms with Gasteiger partial charge in [-0.3, -0.25) is 4.57 Å². The SMILES string of the molecule is Cc1ccc(C)c(-n2ccnc2S(=O)(=O)Cc2nc(C)no2)c1. The number of imidazole rings is 1. The first-order valence-corrected chi connectivity index (χ1v) is 8.65. The quantitative estimate of drug-likeness (QED) is 0.727. The van der Waals surface area contributed by atoms with Crippen LogP contribution in [-0.2, 0) is 15.6 Å². The van der Waals surface area contributed by atoms with Crippen molar-refractivity contribution in [3.8, 4) is 5.69 Å². The molecule has 120 valence electrons. The summed E-state index contributed by atoms with van der Waals surface area (Å²) < 4.78 is 31.8. The van der Waals surface area contributed by atoms with E-state index in [-0.39, 0.29) is 16.8 Å². The zero-order chi connectivity index (χ0) is 16.6. The summed E-state index contributed by atoms with van der Waals surface area (Å²) in [6.07, 6.45) is 3.10. The Labute approximate surface area is 133 Å². The van der Waals surface area contributed by atoms with Crippen molar-refractivity contribution in [1.29, 1.82) is 0 Å². The fraction of sp³-hybridized carbons (Fsp3) is 0.267. The molecule has 0 amide bonds. The summed E-state index contributed by atoms with van der Waals surface area (Å²) in [5.41, 5.74) is 2.77. The second-order valence-electron chi connectivity index (χ2n) is 5.36. The van der Waals surface area contributed by atoms with Gasteiger partial charge in [-0.05, 0) is 38.0 Å². The highest BCUT2D eigenvalue weighted by Crippen LogP contribution is 2.22. The number of hydrogen-bond donors (Lipinski definition) is 0. The van der Waals surface area contributed by atoms with Gasteiger partial charge in [0.25, 0.3) is 0 Å². The van der Waals surface area contributed by atoms with Gasteiger partial charge in [0.2, 0.25) is 20.9 Å². The van der Waals surface area contributed by atoms with Crippen LogP contribution in [0.25, 0.3) is 5.69 Å². The summed E-state index contributed by atoms with van der Waals surface area (Å²) in [6, 6.07) is 5.85. The minimum absolute atomic E-state index is 0.0398. The first-order valence-electron chi connectivity index (χ1n) is 7.00. The van der Waals surface area contributed by atoms with E-state index in [0.29, 0.717) is 5.82 Å². The summed E-state index contributed by atoms with van der Waals surface area (Å²) in [4.78, 5) is 7.97. The molecule has 0 bridgehead atoms. The standard InChI is InChI=1S/C15H16N4O3S/c1-10-4-5-11(2)13(8-10)19-7-6-16-15(19)23(20,21)9-14-17-12(3)18-22-14/h4-8H,9H2,1-3H3. The molecule has 0 radical (unpaired) electrons. The fourth-order valence-corrected chi connectivity index (χ4v) is 3.56. The fourth-order valence-electron chi connectivity index (χ4n) is 2.31. The van der Waals surface area contributed by atoms with Crippen LogP contribution in [0.2, 0.25) is 0 Å². The monoisotopic (exact) mass is 332 g/mol. The second kappa shape index (κ2) is 5.62. The molecule has 0 aliphatic heterocycles. The Hall–Kier alpha value is -2.48. The van der Waals surface area contributed by atoms with Crippen molar-refractivity contribution in [3.63, 3.8) is 0 Å². The van der Waals surface area contributed by atoms with Crippen molar-refractivity contribution in [2.75, 3.05) is 0 Å². The van der Waals surface area contributed by atoms with E-state index in [4.69, 9.17) is 4.52 Å². The summed E-state index contributed by atoms with van der Waals surface area (Å²) >= 11 is 0. The zero-order valence-corrected chi connectivity index (χ0v) is 13.8. The highest BCUT2D eigenvalue weighted by molar-refractivity contribution is 7.90. The number of nitrogens with zero attached hydrogens (tertiary/aromatic N) is 4. The maximum Gasteiger partial charge on any atom is 0.242 e. The van der Waals surface area contributed by atoms with Gasteiger partial charge in [-0.1, -0.05) is 17.3 Å². The van der Waals surface area contributed by atoms with Crippen LogP contribution in [0.15, 0.2) is 40.3 Å². The lowest BCUT2D eigenvalue weighted by Gasteiger charge is -2.11. The lowest BCUT2D eigenvalue weighted by Crippen LogP contribution is -2.13. The van der Waals surface area contributed by atoms with E-state index in [1.54, 1.807) is 17.7 Å². The van der Waals surface area contributed by atoms with E-state index < -0.39 is 9.84 Å². The predicted octanol–water partition coefficient (Wildman–Crippen LogP) is 2.15. The van der Waals surface area contributed by atoms with Gasteiger partial charge in [0.15, 0.2) is 5.82 Å². The molecule has 0 saturated carbocycles. The molecule has 2 heterocycles. The minimum atomic E-state index is -3.71. The largest absolute Gasteiger partial charge is 0.338 e. The predicted molar refractivity (Wildman–Crippen MR) is 83.0 cm³/mol. The van der Waals surface area contributed by atoms with Crippen molar-refractivity contribution < 1.29 is 12.9 Å². The van der Waals surface area contributed by atoms with Crippen LogP contribution >= 0.6 is 0 Å². The topological polar surface area (TPSA) is 90.9 Å². The van der Waals surface area contributed by atoms with Crippen LogP contribution in [-0.4, -0.2) is 28.1 Å². The van der Waals surface area contributed by atoms with E-state index in [9.17, 15) is 8.42 Å². The Balaban J connectivity index is 2.05. The van der Waals surface area contributed by atoms with Crippen molar-refractivity contribution in [2.24, 2.45) is 0 Å². The van der Waals surface area contributed by atoms with Crippen LogP contribution in [0.4, 0.5) is 0 Å². The zero-order valence-electron chi connectivity index (χ0n) is 13.0. The number of hydrogen-bond acceptors (Lipinski definition) is 6. The Morgan fingerprint density at radius 1 is 1.22 bits per heavy atom. The molecular formula is C15H16N4O3S. The molecule has 0 fully saturated rings. The normalized spacial score (nSPS) is 11.8. The average Bonchev–Trinajstić information content (AvgIpc) is 3.10. The lowest BCUT2D eigenvalue weighted by atomic mass is 10.1. The first kappa shape index (κ1) is 15.4. The Kier molecular flexibility index (Phi) is 3.77. The van der Waals surface area contributed by atoms with Gasteiger partial charge in [0, 0.05) is 12.4 Å². The van der Waals surface area contributed by atoms with Gasteiger partial charge in [0.05, 0.1) is 5.69 Å². The summed E-state index contributed by atoms with van der Waals surface area (Å²) in [6.45, 7) is 5.51. The van der Waals surface area contributed by atoms with Gasteiger partial charge >= 0.3 is 0 Å². The molecule has 0 unspecified atom stereocenters. The first-order chi connectivity index (χ1) is 10.9. The van der Waals surface area contributed by atoms with E-state index >= 15 is 0 Å². The van der Waals surface area contributed by atoms with E-state index in [1.807, 2.05) is 32.0 Å². The number of sulfone groups is 1. The molecule has 0 atom stereocenters. The van der Waals surface area contributed by atoms with Crippen molar-refractivity contribution in [3.05, 3.63) is 53.4 Å². The molecule has 8 heteroatoms. The second-order valence-corrected chi connectivity index (χ2v) is 7.25. The van der Waals surface area contributed by atoms with E-state index in [0.717, 1.165) is 16.8 Å². The third kappa shape index (κ3) is 3.02. The molecule has 3 rings (SSSR count). The maximum atomic E-state index is 12.7. The molecule has 0 saturated heterocycles. The molecular weight excluding hydrogens is 316 g/mol. The Bertz CT molecular complexity index is 957. The summed E-state index contributed by atoms with van der Waals surface area (Å²) in [5.74, 6) is 0.0708. The number of benzene rings is 1. The van der Waals surface area contributed by atoms with Crippen LogP contribution < -0.4 is 0 Å². The van der Waals surface area contributed by atoms with Crippen LogP contribution in [0.1, 0.15) is 22.8 Å². The van der Waals surface area contributed by atoms with Crippen LogP contribution in [0.3, 0.4) is 0 Å². The highest BCUT2D eigenvalue weighted by atomic mass is 32.2. The number of aromatic nitrogens is 4. The van der Waals surface area contributed by atoms with Crippen molar-refractivity contribution in [1.82, 2.24) is 19.7 Å². The molecule has 3 aromatic rings. The molecule has 0 aliphatic carbocycles. The molecule has 0 spiro atoms. The third-order valence-corrected chi connectivity index (χ3v) is 4.88. The van der Waals surface area contributed by atoms with E-state index in [2.05, 4.69) is 15.1 Å². The molecule has 7 nitrogen and oxygen atoms in total. The van der Waals surface area contributed by atoms with Crippen molar-refractivity contribution >= 4 is 9.84 Å². The lowest BCUT2D eigenvalue weighted by molar-refractivity contribution is 0.384. The van der Waals surface area contributed by atoms with Gasteiger partial charge < -0.3 is 4.52 Å². The van der Waals surface area contributed by atoms with Gasteiger partial charge in [0.1, 0.15) is 5.75 Å². The molecule has 2 aromatic heterocycles. The minimum Gasteiger partial charge on any atom is -0.338 e. The maximum absolute atomic E-state index is 12.7. The third-order valence-electron chi connectivity index (χ3n) is 3.39. The molecule has 0 N–H and O–H groups in total. The number of rotatable bonds is 4. The van der Waals surface area contributed by atoms with Gasteiger partial charge in [-0.2, -0.15) is 4.98 Å². The smallest absolute Gasteiger partial charge is 0.242 e. The average molecular weight is 332 g/mol. The van der Waals surface area contributed by atoms with Gasteiger partial charge in [-0.15, -0.1) is 0 Å². The molecule has 0 aliphatic rings. The Morgan fingerprint density at radius 3 is 2.70 bits per heavy atom. The number of aryl methyl sites for hydroxylation is 3. The molecule has 23 heavy (non-hydrogen) atoms. The Morgan fingerprint density at radius 2 is 2.00 bits per heavy atom. The van der Waals surface area contributed by atoms with Crippen LogP contribution in [0.5, 0.6) is 0 Å². The molecule has 1 aromatic carbocycles. The van der Waals surface area contributed by atoms with Gasteiger partial charge in [-0.25, -0.2) is 13.4 Å². The highest BCUT2D eigenvalue weighted by Gasteiger charge is 2.25. The van der Waals surface area contributed by atoms with Crippen molar-refractivity contribution in [2.45, 2.75) is 31.7 Å². The van der Waals surface area contributed by atoms with E-state index in [1.165, 1.54) is 6.20 Å². The summed E-state index contributed by atoms with van der Waals surface area (Å²) in [7, 11) is -3.71.